The number of aromatic nitrogens is 1. The molecule has 2 N–H and O–H groups in total. The van der Waals surface area contributed by atoms with Crippen LogP contribution in [0, 0.1) is 0 Å². The van der Waals surface area contributed by atoms with E-state index in [4.69, 9.17) is 0 Å². The summed E-state index contributed by atoms with van der Waals surface area (Å²) in [4.78, 5) is 0. The lowest BCUT2D eigenvalue weighted by atomic mass is 10.2. The number of phenolic OH excluding ortho intramolecular Hbond substituents is 1. The summed E-state index contributed by atoms with van der Waals surface area (Å²) < 4.78 is 2.23. The van der Waals surface area contributed by atoms with E-state index >= 15 is 0 Å². The van der Waals surface area contributed by atoms with E-state index in [2.05, 4.69) is 35.1 Å². The number of aromatic hydroxyl groups is 1. The molecule has 0 radical (unpaired) electrons. The molecule has 1 heterocycles. The Balaban J connectivity index is 1.85. The van der Waals surface area contributed by atoms with Gasteiger partial charge in [0.15, 0.2) is 0 Å². The minimum absolute atomic E-state index is 0.314. The minimum atomic E-state index is 0.314. The molecule has 0 aliphatic carbocycles. The summed E-state index contributed by atoms with van der Waals surface area (Å²) in [6.07, 6.45) is 2.09. The normalized spacial score (nSPS) is 10.6. The molecule has 17 heavy (non-hydrogen) atoms. The summed E-state index contributed by atoms with van der Waals surface area (Å²) >= 11 is 0. The molecule has 3 nitrogen and oxygen atoms in total. The van der Waals surface area contributed by atoms with Gasteiger partial charge in [-0.1, -0.05) is 12.1 Å². The SMILES string of the molecule is CCn1cccc1CNCc1ccc(O)cc1. The first-order valence-electron chi connectivity index (χ1n) is 5.92. The second-order valence-corrected chi connectivity index (χ2v) is 4.06. The van der Waals surface area contributed by atoms with Crippen LogP contribution in [0.1, 0.15) is 18.2 Å². The lowest BCUT2D eigenvalue weighted by molar-refractivity contribution is 0.475. The average molecular weight is 230 g/mol. The third-order valence-corrected chi connectivity index (χ3v) is 2.84. The number of hydrogen-bond acceptors (Lipinski definition) is 2. The third-order valence-electron chi connectivity index (χ3n) is 2.84. The molecule has 3 heteroatoms. The van der Waals surface area contributed by atoms with Crippen molar-refractivity contribution >= 4 is 0 Å². The maximum Gasteiger partial charge on any atom is 0.115 e. The van der Waals surface area contributed by atoms with E-state index in [1.807, 2.05) is 12.1 Å². The van der Waals surface area contributed by atoms with Crippen molar-refractivity contribution in [3.05, 3.63) is 53.9 Å². The van der Waals surface area contributed by atoms with E-state index in [1.165, 1.54) is 11.3 Å². The predicted molar refractivity (Wildman–Crippen MR) is 68.8 cm³/mol. The smallest absolute Gasteiger partial charge is 0.115 e. The lowest BCUT2D eigenvalue weighted by Gasteiger charge is -2.08. The zero-order valence-electron chi connectivity index (χ0n) is 10.1. The van der Waals surface area contributed by atoms with Crippen LogP contribution in [0.3, 0.4) is 0 Å². The molecular formula is C14H18N2O. The Bertz CT molecular complexity index is 459. The summed E-state index contributed by atoms with van der Waals surface area (Å²) in [6.45, 7) is 4.82. The van der Waals surface area contributed by atoms with Gasteiger partial charge >= 0.3 is 0 Å². The maximum atomic E-state index is 9.18. The van der Waals surface area contributed by atoms with Crippen molar-refractivity contribution in [2.75, 3.05) is 0 Å². The van der Waals surface area contributed by atoms with Crippen LogP contribution < -0.4 is 5.32 Å². The van der Waals surface area contributed by atoms with E-state index in [0.717, 1.165) is 19.6 Å². The van der Waals surface area contributed by atoms with Gasteiger partial charge in [0.05, 0.1) is 0 Å². The van der Waals surface area contributed by atoms with Crippen molar-refractivity contribution < 1.29 is 5.11 Å². The quantitative estimate of drug-likeness (QED) is 0.828. The average Bonchev–Trinajstić information content (AvgIpc) is 2.79. The van der Waals surface area contributed by atoms with Gasteiger partial charge in [0.2, 0.25) is 0 Å². The van der Waals surface area contributed by atoms with Crippen LogP contribution in [0.4, 0.5) is 0 Å². The highest BCUT2D eigenvalue weighted by Gasteiger charge is 1.98. The topological polar surface area (TPSA) is 37.2 Å². The zero-order chi connectivity index (χ0) is 12.1. The monoisotopic (exact) mass is 230 g/mol. The number of benzene rings is 1. The number of rotatable bonds is 5. The third kappa shape index (κ3) is 3.11. The molecular weight excluding hydrogens is 212 g/mol. The first-order chi connectivity index (χ1) is 8.29. The van der Waals surface area contributed by atoms with Crippen LogP contribution in [-0.2, 0) is 19.6 Å². The number of nitrogens with zero attached hydrogens (tertiary/aromatic N) is 1. The Labute approximate surface area is 102 Å². The van der Waals surface area contributed by atoms with Crippen LogP contribution in [0.2, 0.25) is 0 Å². The molecule has 90 valence electrons. The summed E-state index contributed by atoms with van der Waals surface area (Å²) in [5.74, 6) is 0.314. The highest BCUT2D eigenvalue weighted by Crippen LogP contribution is 2.09. The van der Waals surface area contributed by atoms with Crippen LogP contribution >= 0.6 is 0 Å². The van der Waals surface area contributed by atoms with Gasteiger partial charge in [0.1, 0.15) is 5.75 Å². The molecule has 0 amide bonds. The highest BCUT2D eigenvalue weighted by atomic mass is 16.3. The van der Waals surface area contributed by atoms with Crippen molar-refractivity contribution in [1.82, 2.24) is 9.88 Å². The van der Waals surface area contributed by atoms with E-state index in [1.54, 1.807) is 12.1 Å². The molecule has 0 aliphatic rings. The number of phenols is 1. The first-order valence-corrected chi connectivity index (χ1v) is 5.92. The van der Waals surface area contributed by atoms with Crippen molar-refractivity contribution in [3.8, 4) is 5.75 Å². The van der Waals surface area contributed by atoms with Crippen molar-refractivity contribution in [2.24, 2.45) is 0 Å². The van der Waals surface area contributed by atoms with E-state index in [0.29, 0.717) is 5.75 Å². The van der Waals surface area contributed by atoms with Gasteiger partial charge in [0.25, 0.3) is 0 Å². The largest absolute Gasteiger partial charge is 0.508 e. The predicted octanol–water partition coefficient (Wildman–Crippen LogP) is 2.50. The second-order valence-electron chi connectivity index (χ2n) is 4.06. The van der Waals surface area contributed by atoms with Crippen LogP contribution in [0.5, 0.6) is 5.75 Å². The fourth-order valence-electron chi connectivity index (χ4n) is 1.87. The molecule has 1 aromatic heterocycles. The van der Waals surface area contributed by atoms with Gasteiger partial charge in [-0.15, -0.1) is 0 Å². The molecule has 0 unspecified atom stereocenters. The van der Waals surface area contributed by atoms with E-state index in [9.17, 15) is 5.11 Å². The number of hydrogen-bond donors (Lipinski definition) is 2. The maximum absolute atomic E-state index is 9.18. The number of aryl methyl sites for hydroxylation is 1. The molecule has 0 saturated heterocycles. The fraction of sp³-hybridized carbons (Fsp3) is 0.286. The van der Waals surface area contributed by atoms with Gasteiger partial charge < -0.3 is 15.0 Å². The Morgan fingerprint density at radius 3 is 2.59 bits per heavy atom. The van der Waals surface area contributed by atoms with Crippen molar-refractivity contribution in [1.29, 1.82) is 0 Å². The Kier molecular flexibility index (Phi) is 3.83. The van der Waals surface area contributed by atoms with Crippen LogP contribution in [0.15, 0.2) is 42.6 Å². The molecule has 2 rings (SSSR count). The molecule has 1 aromatic carbocycles. The highest BCUT2D eigenvalue weighted by molar-refractivity contribution is 5.25. The van der Waals surface area contributed by atoms with Gasteiger partial charge in [-0.05, 0) is 36.8 Å². The zero-order valence-corrected chi connectivity index (χ0v) is 10.1. The van der Waals surface area contributed by atoms with Gasteiger partial charge in [-0.25, -0.2) is 0 Å². The second kappa shape index (κ2) is 5.55. The molecule has 0 bridgehead atoms. The van der Waals surface area contributed by atoms with Crippen LogP contribution in [-0.4, -0.2) is 9.67 Å². The first kappa shape index (κ1) is 11.7. The van der Waals surface area contributed by atoms with Crippen molar-refractivity contribution in [3.63, 3.8) is 0 Å². The molecule has 0 spiro atoms. The van der Waals surface area contributed by atoms with Gasteiger partial charge in [-0.3, -0.25) is 0 Å². The van der Waals surface area contributed by atoms with E-state index in [-0.39, 0.29) is 0 Å². The Hall–Kier alpha value is -1.74. The van der Waals surface area contributed by atoms with Gasteiger partial charge in [-0.2, -0.15) is 0 Å². The van der Waals surface area contributed by atoms with Crippen LogP contribution in [0.25, 0.3) is 0 Å². The van der Waals surface area contributed by atoms with Crippen molar-refractivity contribution in [2.45, 2.75) is 26.6 Å². The van der Waals surface area contributed by atoms with E-state index < -0.39 is 0 Å². The molecule has 0 atom stereocenters. The number of nitrogens with one attached hydrogen (secondary N) is 1. The summed E-state index contributed by atoms with van der Waals surface area (Å²) in [6, 6.07) is 11.5. The Morgan fingerprint density at radius 1 is 1.12 bits per heavy atom. The minimum Gasteiger partial charge on any atom is -0.508 e. The standard InChI is InChI=1S/C14H18N2O/c1-2-16-9-3-4-13(16)11-15-10-12-5-7-14(17)8-6-12/h3-9,15,17H,2,10-11H2,1H3. The lowest BCUT2D eigenvalue weighted by Crippen LogP contribution is -2.15. The summed E-state index contributed by atoms with van der Waals surface area (Å²) in [5, 5.41) is 12.6. The molecule has 2 aromatic rings. The molecule has 0 saturated carbocycles. The summed E-state index contributed by atoms with van der Waals surface area (Å²) in [5.41, 5.74) is 2.48. The van der Waals surface area contributed by atoms with Gasteiger partial charge in [0, 0.05) is 31.5 Å². The molecule has 0 aliphatic heterocycles. The summed E-state index contributed by atoms with van der Waals surface area (Å²) in [7, 11) is 0. The fourth-order valence-corrected chi connectivity index (χ4v) is 1.87. The molecule has 0 fully saturated rings. The Morgan fingerprint density at radius 2 is 1.88 bits per heavy atom.